The summed E-state index contributed by atoms with van der Waals surface area (Å²) in [5.74, 6) is 0.609. The lowest BCUT2D eigenvalue weighted by Gasteiger charge is -2.27. The van der Waals surface area contributed by atoms with Crippen LogP contribution in [0.2, 0.25) is 0 Å². The molecule has 1 aliphatic heterocycles. The maximum absolute atomic E-state index is 15.5. The monoisotopic (exact) mass is 538 g/mol. The molecule has 1 aliphatic rings. The first-order valence-electron chi connectivity index (χ1n) is 14.1. The zero-order valence-electron chi connectivity index (χ0n) is 23.5. The van der Waals surface area contributed by atoms with Crippen LogP contribution < -0.4 is 4.90 Å². The molecule has 5 aromatic rings. The van der Waals surface area contributed by atoms with Gasteiger partial charge in [0, 0.05) is 60.2 Å². The molecule has 206 valence electrons. The van der Waals surface area contributed by atoms with Crippen LogP contribution >= 0.6 is 0 Å². The number of hydrogen-bond donors (Lipinski definition) is 2. The van der Waals surface area contributed by atoms with Gasteiger partial charge in [0.2, 0.25) is 5.95 Å². The largest absolute Gasteiger partial charge is 0.391 e. The highest BCUT2D eigenvalue weighted by Gasteiger charge is 2.30. The van der Waals surface area contributed by atoms with Crippen molar-refractivity contribution >= 4 is 16.9 Å². The van der Waals surface area contributed by atoms with Crippen molar-refractivity contribution in [3.8, 4) is 16.9 Å². The molecule has 0 spiro atoms. The van der Waals surface area contributed by atoms with Crippen LogP contribution in [0.15, 0.2) is 48.9 Å². The van der Waals surface area contributed by atoms with Crippen LogP contribution in [0.5, 0.6) is 0 Å². The quantitative estimate of drug-likeness (QED) is 0.256. The highest BCUT2D eigenvalue weighted by molar-refractivity contribution is 5.97. The lowest BCUT2D eigenvalue weighted by molar-refractivity contribution is 0.277. The Labute approximate surface area is 233 Å². The summed E-state index contributed by atoms with van der Waals surface area (Å²) in [6.07, 6.45) is 8.05. The minimum atomic E-state index is -0.436. The second-order valence-electron chi connectivity index (χ2n) is 10.8. The van der Waals surface area contributed by atoms with Crippen molar-refractivity contribution in [3.63, 3.8) is 0 Å². The fraction of sp³-hybridized carbons (Fsp3) is 0.344. The van der Waals surface area contributed by atoms with Gasteiger partial charge in [0.1, 0.15) is 5.82 Å². The number of halogens is 1. The summed E-state index contributed by atoms with van der Waals surface area (Å²) in [4.78, 5) is 14.7. The van der Waals surface area contributed by atoms with Crippen LogP contribution in [-0.2, 0) is 32.4 Å². The van der Waals surface area contributed by atoms with E-state index in [-0.39, 0.29) is 12.2 Å². The number of benzene rings is 2. The molecule has 8 heteroatoms. The lowest BCUT2D eigenvalue weighted by atomic mass is 9.96. The van der Waals surface area contributed by atoms with E-state index in [1.54, 1.807) is 12.3 Å². The predicted molar refractivity (Wildman–Crippen MR) is 156 cm³/mol. The molecule has 2 N–H and O–H groups in total. The maximum atomic E-state index is 15.5. The molecule has 7 nitrogen and oxygen atoms in total. The Bertz CT molecular complexity index is 1660. The van der Waals surface area contributed by atoms with Crippen molar-refractivity contribution in [2.45, 2.75) is 66.0 Å². The molecule has 0 saturated heterocycles. The van der Waals surface area contributed by atoms with Crippen LogP contribution in [0.4, 0.5) is 10.3 Å². The van der Waals surface area contributed by atoms with E-state index in [1.165, 1.54) is 11.1 Å². The summed E-state index contributed by atoms with van der Waals surface area (Å²) in [5, 5.41) is 16.0. The molecule has 3 aromatic heterocycles. The number of aryl methyl sites for hydroxylation is 2. The zero-order chi connectivity index (χ0) is 28.0. The summed E-state index contributed by atoms with van der Waals surface area (Å²) in [6, 6.07) is 9.91. The normalized spacial score (nSPS) is 13.4. The fourth-order valence-corrected chi connectivity index (χ4v) is 5.87. The number of rotatable bonds is 7. The summed E-state index contributed by atoms with van der Waals surface area (Å²) >= 11 is 0. The Kier molecular flexibility index (Phi) is 6.88. The number of nitrogens with one attached hydrogen (secondary N) is 1. The zero-order valence-corrected chi connectivity index (χ0v) is 23.5. The lowest BCUT2D eigenvalue weighted by Crippen LogP contribution is -2.31. The van der Waals surface area contributed by atoms with Gasteiger partial charge in [-0.15, -0.1) is 0 Å². The minimum Gasteiger partial charge on any atom is -0.391 e. The highest BCUT2D eigenvalue weighted by Crippen LogP contribution is 2.40. The Morgan fingerprint density at radius 3 is 2.45 bits per heavy atom. The molecule has 40 heavy (non-hydrogen) atoms. The Hall–Kier alpha value is -4.04. The predicted octanol–water partition coefficient (Wildman–Crippen LogP) is 6.25. The second kappa shape index (κ2) is 10.5. The Balaban J connectivity index is 1.59. The van der Waals surface area contributed by atoms with Crippen molar-refractivity contribution in [2.75, 3.05) is 11.4 Å². The van der Waals surface area contributed by atoms with E-state index in [0.29, 0.717) is 23.9 Å². The third kappa shape index (κ3) is 4.27. The summed E-state index contributed by atoms with van der Waals surface area (Å²) in [5.41, 5.74) is 9.13. The molecule has 0 aliphatic carbocycles. The number of hydrogen-bond acceptors (Lipinski definition) is 5. The van der Waals surface area contributed by atoms with Gasteiger partial charge in [-0.3, -0.25) is 0 Å². The molecular formula is C32H35FN6O. The minimum absolute atomic E-state index is 0.271. The van der Waals surface area contributed by atoms with E-state index in [9.17, 15) is 5.11 Å². The summed E-state index contributed by atoms with van der Waals surface area (Å²) in [7, 11) is 0. The molecule has 4 heterocycles. The van der Waals surface area contributed by atoms with Gasteiger partial charge >= 0.3 is 0 Å². The smallest absolute Gasteiger partial charge is 0.225 e. The van der Waals surface area contributed by atoms with Gasteiger partial charge in [-0.1, -0.05) is 45.9 Å². The number of aliphatic hydroxyl groups excluding tert-OH is 1. The average Bonchev–Trinajstić information content (AvgIpc) is 3.61. The average molecular weight is 539 g/mol. The molecule has 0 saturated carbocycles. The molecule has 0 amide bonds. The number of aliphatic hydroxyl groups is 1. The van der Waals surface area contributed by atoms with Gasteiger partial charge in [0.05, 0.1) is 29.2 Å². The highest BCUT2D eigenvalue weighted by atomic mass is 19.1. The van der Waals surface area contributed by atoms with Gasteiger partial charge in [-0.2, -0.15) is 5.10 Å². The van der Waals surface area contributed by atoms with E-state index in [1.807, 2.05) is 23.1 Å². The van der Waals surface area contributed by atoms with Gasteiger partial charge in [-0.25, -0.2) is 19.0 Å². The molecule has 0 fully saturated rings. The molecule has 0 radical (unpaired) electrons. The van der Waals surface area contributed by atoms with E-state index >= 15 is 4.39 Å². The molecule has 0 unspecified atom stereocenters. The third-order valence-corrected chi connectivity index (χ3v) is 8.13. The summed E-state index contributed by atoms with van der Waals surface area (Å²) in [6.45, 7) is 9.51. The van der Waals surface area contributed by atoms with Gasteiger partial charge in [0.25, 0.3) is 0 Å². The van der Waals surface area contributed by atoms with Crippen molar-refractivity contribution in [1.29, 1.82) is 0 Å². The SMILES string of the molecule is CCc1cccc(CC)c1-n1nc2c(c1-c1cc(F)c(CO)c3[nH]ccc13)CN(c1ncc(C(C)C)cn1)CC2. The number of fused-ring (bicyclic) bond motifs is 2. The van der Waals surface area contributed by atoms with E-state index in [0.717, 1.165) is 65.0 Å². The van der Waals surface area contributed by atoms with Crippen molar-refractivity contribution in [3.05, 3.63) is 88.3 Å². The molecule has 0 bridgehead atoms. The van der Waals surface area contributed by atoms with Crippen molar-refractivity contribution in [2.24, 2.45) is 0 Å². The van der Waals surface area contributed by atoms with Crippen LogP contribution in [-0.4, -0.2) is 36.4 Å². The van der Waals surface area contributed by atoms with Gasteiger partial charge in [0.15, 0.2) is 0 Å². The van der Waals surface area contributed by atoms with Gasteiger partial charge < -0.3 is 15.0 Å². The van der Waals surface area contributed by atoms with Crippen LogP contribution in [0.1, 0.15) is 67.1 Å². The van der Waals surface area contributed by atoms with E-state index < -0.39 is 5.82 Å². The number of nitrogens with zero attached hydrogens (tertiary/aromatic N) is 5. The Morgan fingerprint density at radius 2 is 1.80 bits per heavy atom. The third-order valence-electron chi connectivity index (χ3n) is 8.13. The summed E-state index contributed by atoms with van der Waals surface area (Å²) < 4.78 is 17.6. The Morgan fingerprint density at radius 1 is 1.07 bits per heavy atom. The van der Waals surface area contributed by atoms with E-state index in [2.05, 4.69) is 55.8 Å². The van der Waals surface area contributed by atoms with Gasteiger partial charge in [-0.05, 0) is 47.6 Å². The van der Waals surface area contributed by atoms with Crippen molar-refractivity contribution in [1.82, 2.24) is 24.7 Å². The van der Waals surface area contributed by atoms with E-state index in [4.69, 9.17) is 15.1 Å². The topological polar surface area (TPSA) is 82.9 Å². The number of para-hydroxylation sites is 1. The second-order valence-corrected chi connectivity index (χ2v) is 10.8. The number of H-pyrrole nitrogens is 1. The molecular weight excluding hydrogens is 503 g/mol. The number of aromatic nitrogens is 5. The first kappa shape index (κ1) is 26.2. The van der Waals surface area contributed by atoms with Crippen LogP contribution in [0.25, 0.3) is 27.8 Å². The first-order chi connectivity index (χ1) is 19.4. The first-order valence-corrected chi connectivity index (χ1v) is 14.1. The number of anilines is 1. The standard InChI is InChI=1S/C32H35FN6O/c1-5-20-8-7-9-21(6-2)30(20)39-31(24-14-27(33)26(18-40)29-23(24)10-12-34-29)25-17-38(13-11-28(25)37-39)32-35-15-22(16-36-32)19(3)4/h7-10,12,14-16,19,34,40H,5-6,11,13,17-18H2,1-4H3. The maximum Gasteiger partial charge on any atom is 0.225 e. The molecule has 6 rings (SSSR count). The molecule has 0 atom stereocenters. The van der Waals surface area contributed by atoms with Crippen molar-refractivity contribution < 1.29 is 9.50 Å². The number of aromatic amines is 1. The van der Waals surface area contributed by atoms with Crippen LogP contribution in [0.3, 0.4) is 0 Å². The van der Waals surface area contributed by atoms with Crippen LogP contribution in [0, 0.1) is 5.82 Å². The molecule has 2 aromatic carbocycles. The fourth-order valence-electron chi connectivity index (χ4n) is 5.87.